The number of phenols is 1. The molecule has 1 aromatic carbocycles. The molecule has 0 aromatic heterocycles. The molecule has 1 atom stereocenters. The number of aromatic hydroxyl groups is 1. The number of amides is 1. The Kier molecular flexibility index (Phi) is 3.33. The van der Waals surface area contributed by atoms with Crippen LogP contribution in [0.2, 0.25) is 0 Å². The standard InChI is InChI=1S/C13H15NO5/c1-13(6-5-11(16)17)8-14(12(18)19-13)9-3-2-4-10(15)7-9/h2-4,7,15H,5-6,8H2,1H3,(H,16,17). The highest BCUT2D eigenvalue weighted by molar-refractivity contribution is 5.90. The maximum Gasteiger partial charge on any atom is 0.415 e. The van der Waals surface area contributed by atoms with Gasteiger partial charge in [-0.3, -0.25) is 9.69 Å². The van der Waals surface area contributed by atoms with Gasteiger partial charge in [0.25, 0.3) is 0 Å². The van der Waals surface area contributed by atoms with Crippen molar-refractivity contribution in [1.82, 2.24) is 0 Å². The summed E-state index contributed by atoms with van der Waals surface area (Å²) in [4.78, 5) is 23.8. The maximum absolute atomic E-state index is 11.8. The van der Waals surface area contributed by atoms with Crippen molar-refractivity contribution in [3.05, 3.63) is 24.3 Å². The van der Waals surface area contributed by atoms with Gasteiger partial charge in [0.15, 0.2) is 0 Å². The number of benzene rings is 1. The van der Waals surface area contributed by atoms with E-state index >= 15 is 0 Å². The fourth-order valence-electron chi connectivity index (χ4n) is 2.06. The molecule has 2 rings (SSSR count). The molecule has 1 fully saturated rings. The van der Waals surface area contributed by atoms with Gasteiger partial charge in [-0.05, 0) is 25.5 Å². The van der Waals surface area contributed by atoms with Crippen molar-refractivity contribution < 1.29 is 24.5 Å². The molecule has 0 saturated carbocycles. The maximum atomic E-state index is 11.8. The first-order chi connectivity index (χ1) is 8.89. The van der Waals surface area contributed by atoms with Crippen LogP contribution in [0.5, 0.6) is 5.75 Å². The van der Waals surface area contributed by atoms with Gasteiger partial charge in [0.2, 0.25) is 0 Å². The Bertz CT molecular complexity index is 516. The average molecular weight is 265 g/mol. The molecule has 6 heteroatoms. The third kappa shape index (κ3) is 2.96. The van der Waals surface area contributed by atoms with Crippen molar-refractivity contribution in [2.24, 2.45) is 0 Å². The zero-order valence-corrected chi connectivity index (χ0v) is 10.5. The Hall–Kier alpha value is -2.24. The first kappa shape index (κ1) is 13.2. The second-order valence-electron chi connectivity index (χ2n) is 4.82. The van der Waals surface area contributed by atoms with Crippen LogP contribution in [0, 0.1) is 0 Å². The summed E-state index contributed by atoms with van der Waals surface area (Å²) >= 11 is 0. The monoisotopic (exact) mass is 265 g/mol. The molecule has 1 unspecified atom stereocenters. The molecule has 19 heavy (non-hydrogen) atoms. The minimum Gasteiger partial charge on any atom is -0.508 e. The van der Waals surface area contributed by atoms with Gasteiger partial charge in [-0.25, -0.2) is 4.79 Å². The first-order valence-electron chi connectivity index (χ1n) is 5.91. The molecule has 1 aliphatic heterocycles. The fourth-order valence-corrected chi connectivity index (χ4v) is 2.06. The zero-order chi connectivity index (χ0) is 14.0. The first-order valence-corrected chi connectivity index (χ1v) is 5.91. The molecular weight excluding hydrogens is 250 g/mol. The van der Waals surface area contributed by atoms with Crippen molar-refractivity contribution in [2.45, 2.75) is 25.4 Å². The van der Waals surface area contributed by atoms with E-state index in [9.17, 15) is 14.7 Å². The van der Waals surface area contributed by atoms with Crippen LogP contribution in [0.3, 0.4) is 0 Å². The number of carbonyl (C=O) groups is 2. The van der Waals surface area contributed by atoms with Crippen LogP contribution in [-0.4, -0.2) is 34.4 Å². The molecule has 0 bridgehead atoms. The number of hydrogen-bond acceptors (Lipinski definition) is 4. The SMILES string of the molecule is CC1(CCC(=O)O)CN(c2cccc(O)c2)C(=O)O1. The summed E-state index contributed by atoms with van der Waals surface area (Å²) in [6, 6.07) is 6.29. The molecule has 0 radical (unpaired) electrons. The minimum absolute atomic E-state index is 0.0579. The zero-order valence-electron chi connectivity index (χ0n) is 10.5. The topological polar surface area (TPSA) is 87.1 Å². The van der Waals surface area contributed by atoms with Gasteiger partial charge in [0, 0.05) is 12.5 Å². The van der Waals surface area contributed by atoms with Gasteiger partial charge >= 0.3 is 12.1 Å². The van der Waals surface area contributed by atoms with Crippen LogP contribution in [0.1, 0.15) is 19.8 Å². The van der Waals surface area contributed by atoms with E-state index in [4.69, 9.17) is 9.84 Å². The molecule has 2 N–H and O–H groups in total. The highest BCUT2D eigenvalue weighted by atomic mass is 16.6. The fraction of sp³-hybridized carbons (Fsp3) is 0.385. The van der Waals surface area contributed by atoms with Gasteiger partial charge in [-0.2, -0.15) is 0 Å². The Morgan fingerprint density at radius 1 is 1.53 bits per heavy atom. The normalized spacial score (nSPS) is 22.4. The Morgan fingerprint density at radius 3 is 2.89 bits per heavy atom. The average Bonchev–Trinajstić information content (AvgIpc) is 2.63. The van der Waals surface area contributed by atoms with Gasteiger partial charge in [0.1, 0.15) is 11.4 Å². The minimum atomic E-state index is -0.923. The molecule has 0 spiro atoms. The highest BCUT2D eigenvalue weighted by Gasteiger charge is 2.42. The molecule has 0 aliphatic carbocycles. The lowest BCUT2D eigenvalue weighted by Gasteiger charge is -2.20. The quantitative estimate of drug-likeness (QED) is 0.869. The van der Waals surface area contributed by atoms with E-state index in [-0.39, 0.29) is 25.1 Å². The molecular formula is C13H15NO5. The number of nitrogens with zero attached hydrogens (tertiary/aromatic N) is 1. The van der Waals surface area contributed by atoms with Crippen molar-refractivity contribution in [2.75, 3.05) is 11.4 Å². The summed E-state index contributed by atoms with van der Waals surface area (Å²) in [5.41, 5.74) is -0.287. The van der Waals surface area contributed by atoms with Crippen LogP contribution in [0.25, 0.3) is 0 Å². The van der Waals surface area contributed by atoms with Gasteiger partial charge < -0.3 is 14.9 Å². The molecule has 102 valence electrons. The molecule has 1 saturated heterocycles. The smallest absolute Gasteiger partial charge is 0.415 e. The van der Waals surface area contributed by atoms with Crippen LogP contribution >= 0.6 is 0 Å². The largest absolute Gasteiger partial charge is 0.508 e. The highest BCUT2D eigenvalue weighted by Crippen LogP contribution is 2.32. The third-order valence-electron chi connectivity index (χ3n) is 3.06. The van der Waals surface area contributed by atoms with Gasteiger partial charge in [-0.1, -0.05) is 6.07 Å². The number of carbonyl (C=O) groups excluding carboxylic acids is 1. The van der Waals surface area contributed by atoms with E-state index in [0.717, 1.165) is 0 Å². The van der Waals surface area contributed by atoms with Crippen molar-refractivity contribution in [3.8, 4) is 5.75 Å². The summed E-state index contributed by atoms with van der Waals surface area (Å²) in [5.74, 6) is -0.863. The van der Waals surface area contributed by atoms with E-state index in [0.29, 0.717) is 5.69 Å². The van der Waals surface area contributed by atoms with Crippen LogP contribution in [0.4, 0.5) is 10.5 Å². The summed E-state index contributed by atoms with van der Waals surface area (Å²) in [6.45, 7) is 1.97. The second-order valence-corrected chi connectivity index (χ2v) is 4.82. The Morgan fingerprint density at radius 2 is 2.26 bits per heavy atom. The number of cyclic esters (lactones) is 1. The Labute approximate surface area is 110 Å². The lowest BCUT2D eigenvalue weighted by Crippen LogP contribution is -2.31. The van der Waals surface area contributed by atoms with Crippen LogP contribution < -0.4 is 4.90 Å². The van der Waals surface area contributed by atoms with Crippen LogP contribution in [-0.2, 0) is 9.53 Å². The number of anilines is 1. The molecule has 1 aliphatic rings. The molecule has 1 heterocycles. The van der Waals surface area contributed by atoms with E-state index in [1.54, 1.807) is 19.1 Å². The summed E-state index contributed by atoms with van der Waals surface area (Å²) < 4.78 is 5.25. The molecule has 6 nitrogen and oxygen atoms in total. The summed E-state index contributed by atoms with van der Waals surface area (Å²) in [7, 11) is 0. The van der Waals surface area contributed by atoms with Crippen molar-refractivity contribution >= 4 is 17.7 Å². The van der Waals surface area contributed by atoms with Gasteiger partial charge in [0.05, 0.1) is 12.2 Å². The predicted octanol–water partition coefficient (Wildman–Crippen LogP) is 1.97. The summed E-state index contributed by atoms with van der Waals surface area (Å²) in [5, 5.41) is 18.1. The number of ether oxygens (including phenoxy) is 1. The van der Waals surface area contributed by atoms with Crippen molar-refractivity contribution in [1.29, 1.82) is 0 Å². The number of carboxylic acids is 1. The number of phenolic OH excluding ortho intramolecular Hbond substituents is 1. The summed E-state index contributed by atoms with van der Waals surface area (Å²) in [6.07, 6.45) is -0.334. The lowest BCUT2D eigenvalue weighted by atomic mass is 10.00. The van der Waals surface area contributed by atoms with Crippen molar-refractivity contribution in [3.63, 3.8) is 0 Å². The number of hydrogen-bond donors (Lipinski definition) is 2. The van der Waals surface area contributed by atoms with E-state index in [2.05, 4.69) is 0 Å². The van der Waals surface area contributed by atoms with E-state index < -0.39 is 17.7 Å². The second kappa shape index (κ2) is 4.79. The molecule has 1 aromatic rings. The molecule has 1 amide bonds. The number of rotatable bonds is 4. The number of carboxylic acid groups (broad SMARTS) is 1. The number of aliphatic carboxylic acids is 1. The lowest BCUT2D eigenvalue weighted by molar-refractivity contribution is -0.138. The van der Waals surface area contributed by atoms with Crippen LogP contribution in [0.15, 0.2) is 24.3 Å². The van der Waals surface area contributed by atoms with Gasteiger partial charge in [-0.15, -0.1) is 0 Å². The van der Waals surface area contributed by atoms with E-state index in [1.807, 2.05) is 0 Å². The Balaban J connectivity index is 2.13. The predicted molar refractivity (Wildman–Crippen MR) is 67.2 cm³/mol. The third-order valence-corrected chi connectivity index (χ3v) is 3.06. The van der Waals surface area contributed by atoms with E-state index in [1.165, 1.54) is 17.0 Å².